The predicted molar refractivity (Wildman–Crippen MR) is 51.2 cm³/mol. The van der Waals surface area contributed by atoms with E-state index in [0.29, 0.717) is 0 Å². The Bertz CT molecular complexity index is 310. The fourth-order valence-corrected chi connectivity index (χ4v) is 1.27. The van der Waals surface area contributed by atoms with Crippen molar-refractivity contribution in [3.63, 3.8) is 0 Å². The molecule has 3 N–H and O–H groups in total. The van der Waals surface area contributed by atoms with E-state index in [9.17, 15) is 4.79 Å². The minimum Gasteiger partial charge on any atom is -0.327 e. The molecule has 0 spiro atoms. The van der Waals surface area contributed by atoms with Gasteiger partial charge in [0.2, 0.25) is 5.91 Å². The molecule has 1 aliphatic rings. The van der Waals surface area contributed by atoms with Crippen molar-refractivity contribution in [2.24, 2.45) is 11.7 Å². The van der Waals surface area contributed by atoms with E-state index < -0.39 is 0 Å². The van der Waals surface area contributed by atoms with Crippen LogP contribution in [0, 0.1) is 5.92 Å². The SMILES string of the molecule is NC1CC1C(=O)Nc1ccccc1. The van der Waals surface area contributed by atoms with Gasteiger partial charge in [-0.3, -0.25) is 4.79 Å². The Labute approximate surface area is 76.9 Å². The van der Waals surface area contributed by atoms with Crippen molar-refractivity contribution in [1.82, 2.24) is 0 Å². The lowest BCUT2D eigenvalue weighted by atomic mass is 10.3. The van der Waals surface area contributed by atoms with E-state index in [2.05, 4.69) is 5.32 Å². The molecule has 13 heavy (non-hydrogen) atoms. The molecule has 3 nitrogen and oxygen atoms in total. The molecule has 1 saturated carbocycles. The number of amides is 1. The molecule has 1 amide bonds. The van der Waals surface area contributed by atoms with Gasteiger partial charge in [-0.05, 0) is 18.6 Å². The first kappa shape index (κ1) is 8.26. The van der Waals surface area contributed by atoms with Gasteiger partial charge in [-0.2, -0.15) is 0 Å². The summed E-state index contributed by atoms with van der Waals surface area (Å²) in [5, 5.41) is 2.82. The summed E-state index contributed by atoms with van der Waals surface area (Å²) in [4.78, 5) is 11.4. The molecule has 3 heteroatoms. The van der Waals surface area contributed by atoms with Gasteiger partial charge >= 0.3 is 0 Å². The third-order valence-corrected chi connectivity index (χ3v) is 2.22. The highest BCUT2D eigenvalue weighted by atomic mass is 16.2. The number of nitrogens with two attached hydrogens (primary N) is 1. The number of carbonyl (C=O) groups excluding carboxylic acids is 1. The lowest BCUT2D eigenvalue weighted by Crippen LogP contribution is -2.18. The lowest BCUT2D eigenvalue weighted by molar-refractivity contribution is -0.117. The van der Waals surface area contributed by atoms with E-state index in [0.717, 1.165) is 12.1 Å². The van der Waals surface area contributed by atoms with Crippen LogP contribution in [0.25, 0.3) is 0 Å². The highest BCUT2D eigenvalue weighted by molar-refractivity contribution is 5.94. The van der Waals surface area contributed by atoms with Crippen molar-refractivity contribution >= 4 is 11.6 Å². The van der Waals surface area contributed by atoms with Crippen LogP contribution in [0.15, 0.2) is 30.3 Å². The van der Waals surface area contributed by atoms with Gasteiger partial charge in [0.05, 0.1) is 5.92 Å². The quantitative estimate of drug-likeness (QED) is 0.705. The zero-order chi connectivity index (χ0) is 9.26. The standard InChI is InChI=1S/C10H12N2O/c11-9-6-8(9)10(13)12-7-4-2-1-3-5-7/h1-5,8-9H,6,11H2,(H,12,13). The second-order valence-corrected chi connectivity index (χ2v) is 3.36. The Morgan fingerprint density at radius 3 is 2.54 bits per heavy atom. The number of benzene rings is 1. The van der Waals surface area contributed by atoms with E-state index in [4.69, 9.17) is 5.73 Å². The summed E-state index contributed by atoms with van der Waals surface area (Å²) in [6.07, 6.45) is 0.818. The Morgan fingerprint density at radius 2 is 2.00 bits per heavy atom. The van der Waals surface area contributed by atoms with Gasteiger partial charge < -0.3 is 11.1 Å². The molecule has 1 aliphatic carbocycles. The molecule has 1 fully saturated rings. The van der Waals surface area contributed by atoms with E-state index in [1.807, 2.05) is 30.3 Å². The van der Waals surface area contributed by atoms with Crippen LogP contribution in [0.1, 0.15) is 6.42 Å². The van der Waals surface area contributed by atoms with Crippen LogP contribution in [0.2, 0.25) is 0 Å². The van der Waals surface area contributed by atoms with Crippen LogP contribution in [0.3, 0.4) is 0 Å². The van der Waals surface area contributed by atoms with E-state index in [1.165, 1.54) is 0 Å². The van der Waals surface area contributed by atoms with Gasteiger partial charge in [-0.15, -0.1) is 0 Å². The molecule has 1 aromatic rings. The first-order chi connectivity index (χ1) is 6.27. The third kappa shape index (κ3) is 1.87. The normalized spacial score (nSPS) is 25.3. The van der Waals surface area contributed by atoms with Crippen molar-refractivity contribution in [2.75, 3.05) is 5.32 Å². The highest BCUT2D eigenvalue weighted by Gasteiger charge is 2.39. The molecular formula is C10H12N2O. The molecule has 0 aliphatic heterocycles. The topological polar surface area (TPSA) is 55.1 Å². The van der Waals surface area contributed by atoms with Crippen LogP contribution in [-0.4, -0.2) is 11.9 Å². The minimum absolute atomic E-state index is 0.0280. The number of hydrogen-bond acceptors (Lipinski definition) is 2. The van der Waals surface area contributed by atoms with Crippen molar-refractivity contribution in [1.29, 1.82) is 0 Å². The first-order valence-electron chi connectivity index (χ1n) is 4.39. The van der Waals surface area contributed by atoms with E-state index >= 15 is 0 Å². The van der Waals surface area contributed by atoms with Gasteiger partial charge in [-0.25, -0.2) is 0 Å². The minimum atomic E-state index is 0.0280. The maximum Gasteiger partial charge on any atom is 0.229 e. The molecule has 0 heterocycles. The maximum atomic E-state index is 11.4. The number of anilines is 1. The van der Waals surface area contributed by atoms with Crippen molar-refractivity contribution in [3.05, 3.63) is 30.3 Å². The summed E-state index contributed by atoms with van der Waals surface area (Å²) in [6.45, 7) is 0. The average Bonchev–Trinajstić information content (AvgIpc) is 2.84. The zero-order valence-electron chi connectivity index (χ0n) is 7.23. The van der Waals surface area contributed by atoms with Crippen LogP contribution < -0.4 is 11.1 Å². The number of para-hydroxylation sites is 1. The average molecular weight is 176 g/mol. The first-order valence-corrected chi connectivity index (χ1v) is 4.39. The summed E-state index contributed by atoms with van der Waals surface area (Å²) in [5.74, 6) is 0.0684. The van der Waals surface area contributed by atoms with Gasteiger partial charge in [-0.1, -0.05) is 18.2 Å². The summed E-state index contributed by atoms with van der Waals surface area (Å²) in [6, 6.07) is 9.50. The summed E-state index contributed by atoms with van der Waals surface area (Å²) in [5.41, 5.74) is 6.40. The summed E-state index contributed by atoms with van der Waals surface area (Å²) in [7, 11) is 0. The Morgan fingerprint density at radius 1 is 1.38 bits per heavy atom. The number of rotatable bonds is 2. The molecule has 2 atom stereocenters. The zero-order valence-corrected chi connectivity index (χ0v) is 7.23. The number of hydrogen-bond donors (Lipinski definition) is 2. The number of carbonyl (C=O) groups is 1. The third-order valence-electron chi connectivity index (χ3n) is 2.22. The highest BCUT2D eigenvalue weighted by Crippen LogP contribution is 2.28. The lowest BCUT2D eigenvalue weighted by Gasteiger charge is -2.02. The summed E-state index contributed by atoms with van der Waals surface area (Å²) >= 11 is 0. The molecular weight excluding hydrogens is 164 g/mol. The Hall–Kier alpha value is -1.35. The predicted octanol–water partition coefficient (Wildman–Crippen LogP) is 0.972. The Balaban J connectivity index is 1.95. The molecule has 1 aromatic carbocycles. The monoisotopic (exact) mass is 176 g/mol. The smallest absolute Gasteiger partial charge is 0.229 e. The number of nitrogens with one attached hydrogen (secondary N) is 1. The van der Waals surface area contributed by atoms with Gasteiger partial charge in [0.15, 0.2) is 0 Å². The van der Waals surface area contributed by atoms with Crippen molar-refractivity contribution in [2.45, 2.75) is 12.5 Å². The van der Waals surface area contributed by atoms with Crippen LogP contribution in [-0.2, 0) is 4.79 Å². The molecule has 2 rings (SSSR count). The summed E-state index contributed by atoms with van der Waals surface area (Å²) < 4.78 is 0. The fourth-order valence-electron chi connectivity index (χ4n) is 1.27. The van der Waals surface area contributed by atoms with Gasteiger partial charge in [0.25, 0.3) is 0 Å². The van der Waals surface area contributed by atoms with Crippen LogP contribution in [0.4, 0.5) is 5.69 Å². The second-order valence-electron chi connectivity index (χ2n) is 3.36. The van der Waals surface area contributed by atoms with Crippen molar-refractivity contribution in [3.8, 4) is 0 Å². The van der Waals surface area contributed by atoms with Crippen LogP contribution in [0.5, 0.6) is 0 Å². The van der Waals surface area contributed by atoms with Gasteiger partial charge in [0.1, 0.15) is 0 Å². The largest absolute Gasteiger partial charge is 0.327 e. The Kier molecular flexibility index (Phi) is 2.02. The van der Waals surface area contributed by atoms with Gasteiger partial charge in [0, 0.05) is 11.7 Å². The van der Waals surface area contributed by atoms with Crippen molar-refractivity contribution < 1.29 is 4.79 Å². The van der Waals surface area contributed by atoms with E-state index in [-0.39, 0.29) is 17.9 Å². The molecule has 68 valence electrons. The molecule has 0 bridgehead atoms. The molecule has 0 aromatic heterocycles. The second kappa shape index (κ2) is 3.18. The van der Waals surface area contributed by atoms with Crippen LogP contribution >= 0.6 is 0 Å². The maximum absolute atomic E-state index is 11.4. The molecule has 0 saturated heterocycles. The van der Waals surface area contributed by atoms with E-state index in [1.54, 1.807) is 0 Å². The molecule has 0 radical (unpaired) electrons. The fraction of sp³-hybridized carbons (Fsp3) is 0.300. The molecule has 2 unspecified atom stereocenters.